The molecule has 0 aliphatic rings. The van der Waals surface area contributed by atoms with Gasteiger partial charge in [0.1, 0.15) is 12.4 Å². The van der Waals surface area contributed by atoms with E-state index in [9.17, 15) is 13.6 Å². The summed E-state index contributed by atoms with van der Waals surface area (Å²) in [6.07, 6.45) is 1.69. The number of hydrogen-bond acceptors (Lipinski definition) is 4. The number of nitrogens with zero attached hydrogens (tertiary/aromatic N) is 4. The molecule has 142 valence electrons. The van der Waals surface area contributed by atoms with Gasteiger partial charge in [-0.3, -0.25) is 9.48 Å². The molecule has 0 unspecified atom stereocenters. The van der Waals surface area contributed by atoms with Crippen LogP contribution in [0.1, 0.15) is 27.4 Å². The summed E-state index contributed by atoms with van der Waals surface area (Å²) < 4.78 is 32.3. The van der Waals surface area contributed by atoms with Gasteiger partial charge in [0.2, 0.25) is 0 Å². The molecule has 0 spiro atoms. The topological polar surface area (TPSA) is 74.0 Å². The van der Waals surface area contributed by atoms with Crippen LogP contribution < -0.4 is 10.1 Å². The molecule has 0 saturated heterocycles. The van der Waals surface area contributed by atoms with Crippen LogP contribution >= 0.6 is 0 Å². The number of hydrogen-bond donors (Lipinski definition) is 1. The van der Waals surface area contributed by atoms with Crippen molar-refractivity contribution in [3.63, 3.8) is 0 Å². The fourth-order valence-corrected chi connectivity index (χ4v) is 2.66. The number of carbonyl (C=O) groups is 1. The van der Waals surface area contributed by atoms with Crippen LogP contribution in [0.5, 0.6) is 5.75 Å². The number of alkyl halides is 2. The summed E-state index contributed by atoms with van der Waals surface area (Å²) in [5.74, 6) is -0.359. The number of halogens is 2. The Labute approximate surface area is 154 Å². The second-order valence-corrected chi connectivity index (χ2v) is 6.12. The Morgan fingerprint density at radius 2 is 1.96 bits per heavy atom. The highest BCUT2D eigenvalue weighted by Gasteiger charge is 2.13. The van der Waals surface area contributed by atoms with E-state index in [4.69, 9.17) is 0 Å². The van der Waals surface area contributed by atoms with E-state index in [-0.39, 0.29) is 11.4 Å². The lowest BCUT2D eigenvalue weighted by Crippen LogP contribution is -2.16. The molecular weight excluding hydrogens is 356 g/mol. The molecule has 0 bridgehead atoms. The molecule has 1 N–H and O–H groups in total. The number of ether oxygens (including phenoxy) is 1. The van der Waals surface area contributed by atoms with Crippen LogP contribution in [-0.2, 0) is 6.67 Å². The van der Waals surface area contributed by atoms with Crippen molar-refractivity contribution in [2.75, 3.05) is 5.32 Å². The number of amides is 1. The molecule has 9 heteroatoms. The zero-order valence-electron chi connectivity index (χ0n) is 15.1. The maximum Gasteiger partial charge on any atom is 0.387 e. The summed E-state index contributed by atoms with van der Waals surface area (Å²) in [6.45, 7) is 3.05. The van der Waals surface area contributed by atoms with E-state index in [2.05, 4.69) is 20.3 Å². The molecule has 2 heterocycles. The van der Waals surface area contributed by atoms with Gasteiger partial charge in [0.15, 0.2) is 5.69 Å². The minimum Gasteiger partial charge on any atom is -0.435 e. The second-order valence-electron chi connectivity index (χ2n) is 6.12. The normalized spacial score (nSPS) is 11.0. The third-order valence-electron chi connectivity index (χ3n) is 3.93. The molecule has 2 aromatic heterocycles. The highest BCUT2D eigenvalue weighted by molar-refractivity contribution is 6.03. The highest BCUT2D eigenvalue weighted by atomic mass is 19.3. The molecule has 3 rings (SSSR count). The van der Waals surface area contributed by atoms with Crippen LogP contribution in [0.25, 0.3) is 0 Å². The van der Waals surface area contributed by atoms with E-state index in [1.165, 1.54) is 18.2 Å². The predicted molar refractivity (Wildman–Crippen MR) is 95.1 cm³/mol. The lowest BCUT2D eigenvalue weighted by atomic mass is 10.2. The van der Waals surface area contributed by atoms with Crippen LogP contribution in [-0.4, -0.2) is 32.1 Å². The Balaban J connectivity index is 1.68. The van der Waals surface area contributed by atoms with Gasteiger partial charge in [0.25, 0.3) is 5.91 Å². The van der Waals surface area contributed by atoms with Gasteiger partial charge in [0, 0.05) is 17.6 Å². The van der Waals surface area contributed by atoms with Crippen LogP contribution in [0, 0.1) is 20.8 Å². The monoisotopic (exact) mass is 375 g/mol. The van der Waals surface area contributed by atoms with Crippen molar-refractivity contribution >= 4 is 11.6 Å². The number of anilines is 1. The fraction of sp³-hybridized carbons (Fsp3) is 0.278. The molecule has 7 nitrogen and oxygen atoms in total. The number of rotatable bonds is 6. The summed E-state index contributed by atoms with van der Waals surface area (Å²) >= 11 is 0. The largest absolute Gasteiger partial charge is 0.435 e. The van der Waals surface area contributed by atoms with Gasteiger partial charge in [-0.05, 0) is 56.7 Å². The van der Waals surface area contributed by atoms with Gasteiger partial charge in [-0.25, -0.2) is 4.68 Å². The molecule has 0 aliphatic heterocycles. The first-order valence-electron chi connectivity index (χ1n) is 8.23. The minimum absolute atomic E-state index is 0.0367. The first kappa shape index (κ1) is 18.6. The minimum atomic E-state index is -2.89. The zero-order chi connectivity index (χ0) is 19.6. The zero-order valence-corrected chi connectivity index (χ0v) is 15.1. The fourth-order valence-electron chi connectivity index (χ4n) is 2.66. The summed E-state index contributed by atoms with van der Waals surface area (Å²) in [5.41, 5.74) is 3.24. The highest BCUT2D eigenvalue weighted by Crippen LogP contribution is 2.23. The van der Waals surface area contributed by atoms with Crippen LogP contribution in [0.2, 0.25) is 0 Å². The Morgan fingerprint density at radius 3 is 2.59 bits per heavy atom. The van der Waals surface area contributed by atoms with Crippen molar-refractivity contribution in [3.8, 4) is 5.75 Å². The van der Waals surface area contributed by atoms with E-state index < -0.39 is 12.5 Å². The van der Waals surface area contributed by atoms with Gasteiger partial charge < -0.3 is 10.1 Å². The lowest BCUT2D eigenvalue weighted by molar-refractivity contribution is -0.0498. The molecule has 0 saturated carbocycles. The number of aryl methyl sites for hydroxylation is 3. The maximum atomic E-state index is 12.4. The van der Waals surface area contributed by atoms with Crippen molar-refractivity contribution in [2.24, 2.45) is 0 Å². The standard InChI is InChI=1S/C18H19F2N5O2/c1-11-8-14(27-18(19)20)4-5-15(11)21-17(26)16-6-7-24(23-16)10-25-13(3)9-12(2)22-25/h4-9,18H,10H2,1-3H3,(H,21,26). The molecule has 0 aliphatic carbocycles. The molecule has 27 heavy (non-hydrogen) atoms. The SMILES string of the molecule is Cc1cc(C)n(Cn2ccc(C(=O)Nc3ccc(OC(F)F)cc3C)n2)n1. The number of benzene rings is 1. The van der Waals surface area contributed by atoms with E-state index >= 15 is 0 Å². The smallest absolute Gasteiger partial charge is 0.387 e. The van der Waals surface area contributed by atoms with Gasteiger partial charge in [-0.1, -0.05) is 0 Å². The average Bonchev–Trinajstić information content (AvgIpc) is 3.16. The Morgan fingerprint density at radius 1 is 1.19 bits per heavy atom. The summed E-state index contributed by atoms with van der Waals surface area (Å²) in [5, 5.41) is 11.3. The Hall–Kier alpha value is -3.23. The summed E-state index contributed by atoms with van der Waals surface area (Å²) in [6, 6.07) is 7.88. The van der Waals surface area contributed by atoms with Crippen molar-refractivity contribution < 1.29 is 18.3 Å². The molecule has 3 aromatic rings. The molecule has 0 atom stereocenters. The Bertz CT molecular complexity index is 965. The first-order chi connectivity index (χ1) is 12.8. The average molecular weight is 375 g/mol. The molecule has 1 amide bonds. The molecule has 1 aromatic carbocycles. The number of aromatic nitrogens is 4. The van der Waals surface area contributed by atoms with E-state index in [0.29, 0.717) is 17.9 Å². The van der Waals surface area contributed by atoms with Crippen molar-refractivity contribution in [3.05, 3.63) is 59.2 Å². The van der Waals surface area contributed by atoms with Crippen molar-refractivity contribution in [1.29, 1.82) is 0 Å². The molecular formula is C18H19F2N5O2. The molecule has 0 radical (unpaired) electrons. The third-order valence-corrected chi connectivity index (χ3v) is 3.93. The van der Waals surface area contributed by atoms with Gasteiger partial charge in [0.05, 0.1) is 5.69 Å². The third kappa shape index (κ3) is 4.49. The summed E-state index contributed by atoms with van der Waals surface area (Å²) in [7, 11) is 0. The van der Waals surface area contributed by atoms with Crippen molar-refractivity contribution in [2.45, 2.75) is 34.1 Å². The molecule has 0 fully saturated rings. The van der Waals surface area contributed by atoms with Crippen molar-refractivity contribution in [1.82, 2.24) is 19.6 Å². The summed E-state index contributed by atoms with van der Waals surface area (Å²) in [4.78, 5) is 12.4. The van der Waals surface area contributed by atoms with Gasteiger partial charge in [-0.15, -0.1) is 0 Å². The quantitative estimate of drug-likeness (QED) is 0.717. The number of nitrogens with one attached hydrogen (secondary N) is 1. The number of carbonyl (C=O) groups excluding carboxylic acids is 1. The van der Waals surface area contributed by atoms with E-state index in [1.807, 2.05) is 19.9 Å². The van der Waals surface area contributed by atoms with E-state index in [0.717, 1.165) is 11.4 Å². The second kappa shape index (κ2) is 7.56. The first-order valence-corrected chi connectivity index (χ1v) is 8.23. The Kier molecular flexibility index (Phi) is 5.20. The lowest BCUT2D eigenvalue weighted by Gasteiger charge is -2.10. The predicted octanol–water partition coefficient (Wildman–Crippen LogP) is 3.36. The van der Waals surface area contributed by atoms with Gasteiger partial charge in [-0.2, -0.15) is 19.0 Å². The maximum absolute atomic E-state index is 12.4. The van der Waals surface area contributed by atoms with Crippen LogP contribution in [0.4, 0.5) is 14.5 Å². The van der Waals surface area contributed by atoms with Crippen LogP contribution in [0.3, 0.4) is 0 Å². The van der Waals surface area contributed by atoms with Crippen LogP contribution in [0.15, 0.2) is 36.5 Å². The van der Waals surface area contributed by atoms with E-state index in [1.54, 1.807) is 28.6 Å². The van der Waals surface area contributed by atoms with Gasteiger partial charge >= 0.3 is 6.61 Å².